The van der Waals surface area contributed by atoms with Crippen molar-refractivity contribution < 1.29 is 4.79 Å². The van der Waals surface area contributed by atoms with Gasteiger partial charge < -0.3 is 4.90 Å². The number of aryl methyl sites for hydroxylation is 1. The third-order valence-electron chi connectivity index (χ3n) is 1.59. The number of aromatic amines is 1. The van der Waals surface area contributed by atoms with Gasteiger partial charge in [-0.05, 0) is 13.0 Å². The topological polar surface area (TPSA) is 49.0 Å². The van der Waals surface area contributed by atoms with Gasteiger partial charge in [0.05, 0.1) is 12.1 Å². The Morgan fingerprint density at radius 3 is 2.75 bits per heavy atom. The lowest BCUT2D eigenvalue weighted by Gasteiger charge is -2.07. The van der Waals surface area contributed by atoms with Crippen molar-refractivity contribution in [3.8, 4) is 0 Å². The van der Waals surface area contributed by atoms with Gasteiger partial charge in [-0.1, -0.05) is 0 Å². The van der Waals surface area contributed by atoms with E-state index in [-0.39, 0.29) is 5.91 Å². The highest BCUT2D eigenvalue weighted by Crippen LogP contribution is 1.99. The molecule has 0 spiro atoms. The van der Waals surface area contributed by atoms with Gasteiger partial charge in [-0.3, -0.25) is 9.89 Å². The highest BCUT2D eigenvalue weighted by molar-refractivity contribution is 5.77. The second-order valence-electron chi connectivity index (χ2n) is 3.01. The van der Waals surface area contributed by atoms with Gasteiger partial charge in [0.15, 0.2) is 0 Å². The first kappa shape index (κ1) is 8.77. The fourth-order valence-electron chi connectivity index (χ4n) is 0.878. The molecule has 66 valence electrons. The van der Waals surface area contributed by atoms with Crippen molar-refractivity contribution in [2.24, 2.45) is 0 Å². The van der Waals surface area contributed by atoms with Gasteiger partial charge in [0, 0.05) is 19.8 Å². The molecule has 0 aliphatic rings. The van der Waals surface area contributed by atoms with Crippen molar-refractivity contribution in [2.45, 2.75) is 13.3 Å². The Bertz CT molecular complexity index is 278. The van der Waals surface area contributed by atoms with Crippen LogP contribution in [-0.2, 0) is 11.2 Å². The maximum atomic E-state index is 11.2. The molecule has 0 aromatic carbocycles. The van der Waals surface area contributed by atoms with Gasteiger partial charge in [-0.25, -0.2) is 0 Å². The quantitative estimate of drug-likeness (QED) is 0.691. The summed E-state index contributed by atoms with van der Waals surface area (Å²) in [5, 5.41) is 6.76. The molecule has 0 unspecified atom stereocenters. The molecule has 0 saturated carbocycles. The van der Waals surface area contributed by atoms with Crippen LogP contribution in [0.5, 0.6) is 0 Å². The molecular weight excluding hydrogens is 154 g/mol. The van der Waals surface area contributed by atoms with Gasteiger partial charge in [0.2, 0.25) is 5.91 Å². The minimum atomic E-state index is 0.0708. The van der Waals surface area contributed by atoms with Crippen LogP contribution in [0.25, 0.3) is 0 Å². The molecule has 1 rings (SSSR count). The summed E-state index contributed by atoms with van der Waals surface area (Å²) in [4.78, 5) is 12.8. The zero-order valence-electron chi connectivity index (χ0n) is 7.59. The van der Waals surface area contributed by atoms with E-state index in [9.17, 15) is 4.79 Å². The van der Waals surface area contributed by atoms with Crippen molar-refractivity contribution in [1.82, 2.24) is 15.1 Å². The SMILES string of the molecule is Cc1cc(CC(=O)N(C)C)n[nH]1. The average molecular weight is 167 g/mol. The number of H-pyrrole nitrogens is 1. The van der Waals surface area contributed by atoms with E-state index in [1.165, 1.54) is 0 Å². The zero-order valence-corrected chi connectivity index (χ0v) is 7.59. The summed E-state index contributed by atoms with van der Waals surface area (Å²) in [6, 6.07) is 1.88. The highest BCUT2D eigenvalue weighted by atomic mass is 16.2. The molecule has 4 nitrogen and oxygen atoms in total. The van der Waals surface area contributed by atoms with Crippen molar-refractivity contribution in [1.29, 1.82) is 0 Å². The number of amides is 1. The van der Waals surface area contributed by atoms with Crippen molar-refractivity contribution in [3.05, 3.63) is 17.5 Å². The maximum absolute atomic E-state index is 11.2. The molecule has 1 heterocycles. The van der Waals surface area contributed by atoms with Gasteiger partial charge in [-0.15, -0.1) is 0 Å². The molecule has 0 saturated heterocycles. The van der Waals surface area contributed by atoms with Gasteiger partial charge >= 0.3 is 0 Å². The second kappa shape index (κ2) is 3.38. The smallest absolute Gasteiger partial charge is 0.228 e. The number of carbonyl (C=O) groups is 1. The first-order valence-electron chi connectivity index (χ1n) is 3.80. The van der Waals surface area contributed by atoms with E-state index in [4.69, 9.17) is 0 Å². The largest absolute Gasteiger partial charge is 0.348 e. The fraction of sp³-hybridized carbons (Fsp3) is 0.500. The minimum Gasteiger partial charge on any atom is -0.348 e. The Hall–Kier alpha value is -1.32. The van der Waals surface area contributed by atoms with Crippen LogP contribution in [0.1, 0.15) is 11.4 Å². The van der Waals surface area contributed by atoms with Crippen LogP contribution in [-0.4, -0.2) is 35.1 Å². The lowest BCUT2D eigenvalue weighted by atomic mass is 10.3. The van der Waals surface area contributed by atoms with Crippen LogP contribution in [0.2, 0.25) is 0 Å². The molecule has 0 aliphatic heterocycles. The predicted molar refractivity (Wildman–Crippen MR) is 45.7 cm³/mol. The molecule has 12 heavy (non-hydrogen) atoms. The second-order valence-corrected chi connectivity index (χ2v) is 3.01. The number of nitrogens with one attached hydrogen (secondary N) is 1. The first-order chi connectivity index (χ1) is 5.59. The average Bonchev–Trinajstić information content (AvgIpc) is 2.35. The van der Waals surface area contributed by atoms with Crippen molar-refractivity contribution in [3.63, 3.8) is 0 Å². The first-order valence-corrected chi connectivity index (χ1v) is 3.80. The Morgan fingerprint density at radius 2 is 2.33 bits per heavy atom. The summed E-state index contributed by atoms with van der Waals surface area (Å²) in [5.41, 5.74) is 1.78. The summed E-state index contributed by atoms with van der Waals surface area (Å²) < 4.78 is 0. The van der Waals surface area contributed by atoms with Crippen molar-refractivity contribution in [2.75, 3.05) is 14.1 Å². The molecule has 4 heteroatoms. The molecule has 0 atom stereocenters. The van der Waals surface area contributed by atoms with Crippen LogP contribution < -0.4 is 0 Å². The lowest BCUT2D eigenvalue weighted by Crippen LogP contribution is -2.23. The van der Waals surface area contributed by atoms with E-state index in [1.54, 1.807) is 19.0 Å². The summed E-state index contributed by atoms with van der Waals surface area (Å²) in [7, 11) is 3.48. The molecule has 1 aromatic heterocycles. The lowest BCUT2D eigenvalue weighted by molar-refractivity contribution is -0.128. The predicted octanol–water partition coefficient (Wildman–Crippen LogP) is 0.349. The molecule has 0 fully saturated rings. The molecule has 0 bridgehead atoms. The fourth-order valence-corrected chi connectivity index (χ4v) is 0.878. The molecule has 0 radical (unpaired) electrons. The van der Waals surface area contributed by atoms with E-state index >= 15 is 0 Å². The summed E-state index contributed by atoms with van der Waals surface area (Å²) >= 11 is 0. The van der Waals surface area contributed by atoms with Crippen LogP contribution in [0.15, 0.2) is 6.07 Å². The Labute approximate surface area is 71.6 Å². The Balaban J connectivity index is 2.58. The van der Waals surface area contributed by atoms with Gasteiger partial charge in [0.1, 0.15) is 0 Å². The number of rotatable bonds is 2. The molecule has 1 aromatic rings. The van der Waals surface area contributed by atoms with E-state index in [0.717, 1.165) is 11.4 Å². The van der Waals surface area contributed by atoms with E-state index in [0.29, 0.717) is 6.42 Å². The molecule has 1 N–H and O–H groups in total. The van der Waals surface area contributed by atoms with E-state index < -0.39 is 0 Å². The highest BCUT2D eigenvalue weighted by Gasteiger charge is 2.07. The summed E-state index contributed by atoms with van der Waals surface area (Å²) in [5.74, 6) is 0.0708. The Morgan fingerprint density at radius 1 is 1.67 bits per heavy atom. The van der Waals surface area contributed by atoms with Crippen LogP contribution in [0, 0.1) is 6.92 Å². The van der Waals surface area contributed by atoms with E-state index in [2.05, 4.69) is 10.2 Å². The number of aromatic nitrogens is 2. The monoisotopic (exact) mass is 167 g/mol. The summed E-state index contributed by atoms with van der Waals surface area (Å²) in [6.45, 7) is 1.91. The minimum absolute atomic E-state index is 0.0708. The normalized spacial score (nSPS) is 9.92. The van der Waals surface area contributed by atoms with Gasteiger partial charge in [-0.2, -0.15) is 5.10 Å². The van der Waals surface area contributed by atoms with Gasteiger partial charge in [0.25, 0.3) is 0 Å². The third-order valence-corrected chi connectivity index (χ3v) is 1.59. The molecule has 0 aliphatic carbocycles. The number of nitrogens with zero attached hydrogens (tertiary/aromatic N) is 2. The Kier molecular flexibility index (Phi) is 2.47. The molecule has 1 amide bonds. The number of hydrogen-bond acceptors (Lipinski definition) is 2. The molecular formula is C8H13N3O. The van der Waals surface area contributed by atoms with Crippen molar-refractivity contribution >= 4 is 5.91 Å². The number of likely N-dealkylation sites (N-methyl/N-ethyl adjacent to an activating group) is 1. The number of carbonyl (C=O) groups excluding carboxylic acids is 1. The third kappa shape index (κ3) is 2.08. The number of hydrogen-bond donors (Lipinski definition) is 1. The standard InChI is InChI=1S/C8H13N3O/c1-6-4-7(10-9-6)5-8(12)11(2)3/h4H,5H2,1-3H3,(H,9,10). The summed E-state index contributed by atoms with van der Waals surface area (Å²) in [6.07, 6.45) is 0.372. The zero-order chi connectivity index (χ0) is 9.14. The van der Waals surface area contributed by atoms with E-state index in [1.807, 2.05) is 13.0 Å². The van der Waals surface area contributed by atoms with Crippen LogP contribution in [0.4, 0.5) is 0 Å². The van der Waals surface area contributed by atoms with Crippen LogP contribution in [0.3, 0.4) is 0 Å². The maximum Gasteiger partial charge on any atom is 0.228 e. The van der Waals surface area contributed by atoms with Crippen LogP contribution >= 0.6 is 0 Å².